The summed E-state index contributed by atoms with van der Waals surface area (Å²) >= 11 is 0. The highest BCUT2D eigenvalue weighted by Crippen LogP contribution is 2.10. The minimum Gasteiger partial charge on any atom is -0.466 e. The van der Waals surface area contributed by atoms with Crippen LogP contribution in [0.25, 0.3) is 0 Å². The molecule has 1 heterocycles. The van der Waals surface area contributed by atoms with E-state index in [0.717, 1.165) is 5.56 Å². The molecule has 0 saturated heterocycles. The monoisotopic (exact) mass is 193 g/mol. The molecule has 0 fully saturated rings. The van der Waals surface area contributed by atoms with Crippen molar-refractivity contribution >= 4 is 5.90 Å². The van der Waals surface area contributed by atoms with Gasteiger partial charge in [-0.25, -0.2) is 0 Å². The van der Waals surface area contributed by atoms with Gasteiger partial charge in [-0.1, -0.05) is 18.2 Å². The molecule has 0 aromatic heterocycles. The number of rotatable bonds is 2. The zero-order chi connectivity index (χ0) is 9.80. The lowest BCUT2D eigenvalue weighted by Crippen LogP contribution is -2.30. The predicted octanol–water partition coefficient (Wildman–Crippen LogP) is 0.756. The lowest BCUT2D eigenvalue weighted by atomic mass is 10.2. The Labute approximate surface area is 81.8 Å². The Bertz CT molecular complexity index is 323. The summed E-state index contributed by atoms with van der Waals surface area (Å²) in [5.74, 6) is 0.427. The highest BCUT2D eigenvalue weighted by atomic mass is 16.7. The molecule has 0 spiro atoms. The van der Waals surface area contributed by atoms with Crippen molar-refractivity contribution in [1.82, 2.24) is 0 Å². The fourth-order valence-corrected chi connectivity index (χ4v) is 1.18. The minimum absolute atomic E-state index is 0.0636. The Hall–Kier alpha value is -1.55. The van der Waals surface area contributed by atoms with Crippen LogP contribution in [0, 0.1) is 0 Å². The Morgan fingerprint density at radius 2 is 2.14 bits per heavy atom. The van der Waals surface area contributed by atoms with Gasteiger partial charge in [0.25, 0.3) is 5.90 Å². The molecule has 1 atom stereocenters. The van der Waals surface area contributed by atoms with E-state index >= 15 is 0 Å². The van der Waals surface area contributed by atoms with Gasteiger partial charge in [0.1, 0.15) is 0 Å². The SMILES string of the molecule is OCC1CON=C(c2ccccc2)O1. The first-order valence-electron chi connectivity index (χ1n) is 4.43. The van der Waals surface area contributed by atoms with E-state index in [0.29, 0.717) is 12.5 Å². The van der Waals surface area contributed by atoms with Gasteiger partial charge in [0.2, 0.25) is 0 Å². The summed E-state index contributed by atoms with van der Waals surface area (Å²) in [6, 6.07) is 9.45. The Morgan fingerprint density at radius 3 is 2.86 bits per heavy atom. The van der Waals surface area contributed by atoms with Crippen molar-refractivity contribution < 1.29 is 14.7 Å². The first-order valence-corrected chi connectivity index (χ1v) is 4.43. The highest BCUT2D eigenvalue weighted by Gasteiger charge is 2.19. The van der Waals surface area contributed by atoms with Crippen molar-refractivity contribution in [1.29, 1.82) is 0 Å². The van der Waals surface area contributed by atoms with Gasteiger partial charge >= 0.3 is 0 Å². The lowest BCUT2D eigenvalue weighted by molar-refractivity contribution is -0.0152. The van der Waals surface area contributed by atoms with Crippen LogP contribution >= 0.6 is 0 Å². The summed E-state index contributed by atoms with van der Waals surface area (Å²) in [5, 5.41) is 12.7. The summed E-state index contributed by atoms with van der Waals surface area (Å²) in [7, 11) is 0. The van der Waals surface area contributed by atoms with Crippen LogP contribution in [0.15, 0.2) is 35.5 Å². The first kappa shape index (κ1) is 9.02. The molecule has 0 amide bonds. The summed E-state index contributed by atoms with van der Waals surface area (Å²) in [6.45, 7) is 0.235. The Morgan fingerprint density at radius 1 is 1.36 bits per heavy atom. The van der Waals surface area contributed by atoms with E-state index in [1.165, 1.54) is 0 Å². The number of aliphatic hydroxyl groups excluding tert-OH is 1. The van der Waals surface area contributed by atoms with Crippen molar-refractivity contribution in [3.05, 3.63) is 35.9 Å². The zero-order valence-electron chi connectivity index (χ0n) is 7.59. The summed E-state index contributed by atoms with van der Waals surface area (Å²) in [5.41, 5.74) is 0.852. The van der Waals surface area contributed by atoms with Crippen LogP contribution < -0.4 is 0 Å². The quantitative estimate of drug-likeness (QED) is 0.754. The number of hydrogen-bond donors (Lipinski definition) is 1. The molecule has 1 unspecified atom stereocenters. The molecular weight excluding hydrogens is 182 g/mol. The molecule has 14 heavy (non-hydrogen) atoms. The molecule has 1 aromatic rings. The predicted molar refractivity (Wildman–Crippen MR) is 50.9 cm³/mol. The van der Waals surface area contributed by atoms with E-state index in [-0.39, 0.29) is 12.7 Å². The number of oxime groups is 1. The molecule has 2 rings (SSSR count). The smallest absolute Gasteiger partial charge is 0.258 e. The average molecular weight is 193 g/mol. The van der Waals surface area contributed by atoms with Crippen molar-refractivity contribution in [3.8, 4) is 0 Å². The molecule has 74 valence electrons. The van der Waals surface area contributed by atoms with E-state index < -0.39 is 0 Å². The largest absolute Gasteiger partial charge is 0.466 e. The van der Waals surface area contributed by atoms with E-state index in [2.05, 4.69) is 5.16 Å². The standard InChI is InChI=1S/C10H11NO3/c12-6-9-7-13-11-10(14-9)8-4-2-1-3-5-8/h1-5,9,12H,6-7H2. The third kappa shape index (κ3) is 1.85. The maximum absolute atomic E-state index is 8.90. The molecular formula is C10H11NO3. The molecule has 1 N–H and O–H groups in total. The van der Waals surface area contributed by atoms with Gasteiger partial charge in [-0.05, 0) is 17.3 Å². The maximum Gasteiger partial charge on any atom is 0.258 e. The third-order valence-electron chi connectivity index (χ3n) is 1.91. The number of ether oxygens (including phenoxy) is 1. The molecule has 0 radical (unpaired) electrons. The van der Waals surface area contributed by atoms with E-state index in [9.17, 15) is 0 Å². The molecule has 0 bridgehead atoms. The van der Waals surface area contributed by atoms with Crippen molar-refractivity contribution in [2.45, 2.75) is 6.10 Å². The minimum atomic E-state index is -0.317. The Kier molecular flexibility index (Phi) is 2.65. The van der Waals surface area contributed by atoms with E-state index in [1.54, 1.807) is 0 Å². The van der Waals surface area contributed by atoms with Crippen molar-refractivity contribution in [2.75, 3.05) is 13.2 Å². The Balaban J connectivity index is 2.16. The van der Waals surface area contributed by atoms with Gasteiger partial charge in [-0.15, -0.1) is 0 Å². The molecule has 1 aliphatic heterocycles. The summed E-state index contributed by atoms with van der Waals surface area (Å²) < 4.78 is 5.40. The highest BCUT2D eigenvalue weighted by molar-refractivity contribution is 5.93. The second-order valence-corrected chi connectivity index (χ2v) is 2.98. The van der Waals surface area contributed by atoms with Crippen LogP contribution in [-0.2, 0) is 9.57 Å². The topological polar surface area (TPSA) is 51.0 Å². The van der Waals surface area contributed by atoms with Crippen LogP contribution in [0.3, 0.4) is 0 Å². The lowest BCUT2D eigenvalue weighted by Gasteiger charge is -2.21. The van der Waals surface area contributed by atoms with Crippen molar-refractivity contribution in [2.24, 2.45) is 5.16 Å². The average Bonchev–Trinajstić information content (AvgIpc) is 2.30. The van der Waals surface area contributed by atoms with Crippen molar-refractivity contribution in [3.63, 3.8) is 0 Å². The van der Waals surface area contributed by atoms with Gasteiger partial charge in [0.05, 0.1) is 6.61 Å². The van der Waals surface area contributed by atoms with Crippen LogP contribution in [0.5, 0.6) is 0 Å². The molecule has 1 aliphatic rings. The number of hydrogen-bond acceptors (Lipinski definition) is 4. The van der Waals surface area contributed by atoms with Gasteiger partial charge in [0.15, 0.2) is 12.7 Å². The fourth-order valence-electron chi connectivity index (χ4n) is 1.18. The maximum atomic E-state index is 8.90. The van der Waals surface area contributed by atoms with Gasteiger partial charge in [0, 0.05) is 5.56 Å². The van der Waals surface area contributed by atoms with E-state index in [4.69, 9.17) is 14.7 Å². The first-order chi connectivity index (χ1) is 6.90. The molecule has 4 heteroatoms. The van der Waals surface area contributed by atoms with Gasteiger partial charge in [-0.3, -0.25) is 0 Å². The number of benzene rings is 1. The van der Waals surface area contributed by atoms with Crippen LogP contribution in [0.1, 0.15) is 5.56 Å². The molecule has 0 aliphatic carbocycles. The summed E-state index contributed by atoms with van der Waals surface area (Å²) in [6.07, 6.45) is -0.317. The number of aliphatic hydroxyl groups is 1. The van der Waals surface area contributed by atoms with Gasteiger partial charge in [-0.2, -0.15) is 0 Å². The molecule has 0 saturated carbocycles. The van der Waals surface area contributed by atoms with Crippen LogP contribution in [-0.4, -0.2) is 30.3 Å². The van der Waals surface area contributed by atoms with Crippen LogP contribution in [0.4, 0.5) is 0 Å². The third-order valence-corrected chi connectivity index (χ3v) is 1.91. The molecule has 1 aromatic carbocycles. The normalized spacial score (nSPS) is 20.6. The second kappa shape index (κ2) is 4.11. The number of nitrogens with zero attached hydrogens (tertiary/aromatic N) is 1. The van der Waals surface area contributed by atoms with Gasteiger partial charge < -0.3 is 14.7 Å². The second-order valence-electron chi connectivity index (χ2n) is 2.98. The van der Waals surface area contributed by atoms with E-state index in [1.807, 2.05) is 30.3 Å². The zero-order valence-corrected chi connectivity index (χ0v) is 7.59. The van der Waals surface area contributed by atoms with Crippen LogP contribution in [0.2, 0.25) is 0 Å². The fraction of sp³-hybridized carbons (Fsp3) is 0.300. The summed E-state index contributed by atoms with van der Waals surface area (Å²) in [4.78, 5) is 4.94. The molecule has 4 nitrogen and oxygen atoms in total.